The van der Waals surface area contributed by atoms with Gasteiger partial charge in [0.1, 0.15) is 19.8 Å². The smallest absolute Gasteiger partial charge is 0.249 e. The Labute approximate surface area is 192 Å². The average molecular weight is 460 g/mol. The molecule has 2 aromatic rings. The van der Waals surface area contributed by atoms with Crippen molar-refractivity contribution >= 4 is 35.0 Å². The Morgan fingerprint density at radius 1 is 1.09 bits per heavy atom. The summed E-state index contributed by atoms with van der Waals surface area (Å²) in [5.41, 5.74) is 1.62. The SMILES string of the molecule is COCCN(CC(=O)N1CC(=O)N(c2ccc(Cl)cc2)C1)C(=O)COCc1ccccc1. The number of benzene rings is 2. The van der Waals surface area contributed by atoms with Crippen molar-refractivity contribution in [3.8, 4) is 0 Å². The molecule has 0 aromatic heterocycles. The third kappa shape index (κ3) is 6.53. The molecule has 9 heteroatoms. The molecule has 0 atom stereocenters. The van der Waals surface area contributed by atoms with E-state index in [0.29, 0.717) is 17.3 Å². The largest absolute Gasteiger partial charge is 0.383 e. The summed E-state index contributed by atoms with van der Waals surface area (Å²) in [6.07, 6.45) is 0. The highest BCUT2D eigenvalue weighted by molar-refractivity contribution is 6.30. The van der Waals surface area contributed by atoms with Gasteiger partial charge in [0.15, 0.2) is 0 Å². The van der Waals surface area contributed by atoms with Gasteiger partial charge in [-0.15, -0.1) is 0 Å². The Kier molecular flexibility index (Phi) is 8.61. The molecule has 0 radical (unpaired) electrons. The van der Waals surface area contributed by atoms with E-state index < -0.39 is 0 Å². The average Bonchev–Trinajstić information content (AvgIpc) is 3.19. The van der Waals surface area contributed by atoms with E-state index in [4.69, 9.17) is 21.1 Å². The fraction of sp³-hybridized carbons (Fsp3) is 0.348. The Hall–Kier alpha value is -2.94. The van der Waals surface area contributed by atoms with Crippen molar-refractivity contribution in [2.24, 2.45) is 0 Å². The van der Waals surface area contributed by atoms with Gasteiger partial charge in [0.05, 0.1) is 19.8 Å². The predicted octanol–water partition coefficient (Wildman–Crippen LogP) is 2.16. The number of amides is 3. The Bertz CT molecular complexity index is 923. The summed E-state index contributed by atoms with van der Waals surface area (Å²) in [4.78, 5) is 42.3. The van der Waals surface area contributed by atoms with Crippen LogP contribution in [0.5, 0.6) is 0 Å². The monoisotopic (exact) mass is 459 g/mol. The molecule has 0 spiro atoms. The summed E-state index contributed by atoms with van der Waals surface area (Å²) in [6, 6.07) is 16.4. The zero-order valence-electron chi connectivity index (χ0n) is 17.9. The van der Waals surface area contributed by atoms with E-state index in [2.05, 4.69) is 0 Å². The van der Waals surface area contributed by atoms with Crippen molar-refractivity contribution < 1.29 is 23.9 Å². The molecule has 0 aliphatic carbocycles. The molecular weight excluding hydrogens is 434 g/mol. The van der Waals surface area contributed by atoms with Crippen LogP contribution in [0.15, 0.2) is 54.6 Å². The topological polar surface area (TPSA) is 79.4 Å². The van der Waals surface area contributed by atoms with Gasteiger partial charge in [0.2, 0.25) is 17.7 Å². The predicted molar refractivity (Wildman–Crippen MR) is 120 cm³/mol. The molecule has 3 rings (SSSR count). The minimum Gasteiger partial charge on any atom is -0.383 e. The molecule has 1 saturated heterocycles. The zero-order valence-corrected chi connectivity index (χ0v) is 18.7. The number of rotatable bonds is 10. The van der Waals surface area contributed by atoms with Crippen molar-refractivity contribution in [1.82, 2.24) is 9.80 Å². The van der Waals surface area contributed by atoms with Crippen LogP contribution in [-0.4, -0.2) is 74.1 Å². The number of carbonyl (C=O) groups excluding carboxylic acids is 3. The van der Waals surface area contributed by atoms with Gasteiger partial charge >= 0.3 is 0 Å². The maximum atomic E-state index is 12.8. The first-order chi connectivity index (χ1) is 15.5. The molecule has 8 nitrogen and oxygen atoms in total. The van der Waals surface area contributed by atoms with E-state index in [1.165, 1.54) is 21.8 Å². The highest BCUT2D eigenvalue weighted by Gasteiger charge is 2.33. The molecule has 1 aliphatic rings. The second kappa shape index (κ2) is 11.6. The minimum absolute atomic E-state index is 0.0434. The number of halogens is 1. The number of anilines is 1. The Morgan fingerprint density at radius 3 is 2.50 bits per heavy atom. The summed E-state index contributed by atoms with van der Waals surface area (Å²) >= 11 is 5.91. The van der Waals surface area contributed by atoms with Gasteiger partial charge in [-0.2, -0.15) is 0 Å². The van der Waals surface area contributed by atoms with Crippen molar-refractivity contribution in [3.63, 3.8) is 0 Å². The first kappa shape index (κ1) is 23.7. The third-order valence-corrected chi connectivity index (χ3v) is 5.26. The Morgan fingerprint density at radius 2 is 1.81 bits per heavy atom. The molecule has 32 heavy (non-hydrogen) atoms. The van der Waals surface area contributed by atoms with Gasteiger partial charge in [-0.25, -0.2) is 0 Å². The normalized spacial score (nSPS) is 13.5. The summed E-state index contributed by atoms with van der Waals surface area (Å²) < 4.78 is 10.6. The summed E-state index contributed by atoms with van der Waals surface area (Å²) in [6.45, 7) is 0.607. The second-order valence-electron chi connectivity index (χ2n) is 7.32. The van der Waals surface area contributed by atoms with E-state index in [1.54, 1.807) is 24.3 Å². The van der Waals surface area contributed by atoms with Crippen LogP contribution in [0.25, 0.3) is 0 Å². The number of carbonyl (C=O) groups is 3. The number of hydrogen-bond acceptors (Lipinski definition) is 5. The van der Waals surface area contributed by atoms with Gasteiger partial charge in [-0.1, -0.05) is 41.9 Å². The second-order valence-corrected chi connectivity index (χ2v) is 7.75. The van der Waals surface area contributed by atoms with Gasteiger partial charge in [-0.3, -0.25) is 19.3 Å². The Balaban J connectivity index is 1.55. The number of nitrogens with zero attached hydrogens (tertiary/aromatic N) is 3. The fourth-order valence-electron chi connectivity index (χ4n) is 3.24. The van der Waals surface area contributed by atoms with Crippen LogP contribution in [0.4, 0.5) is 5.69 Å². The maximum absolute atomic E-state index is 12.8. The molecular formula is C23H26ClN3O5. The number of ether oxygens (including phenoxy) is 2. The molecule has 0 saturated carbocycles. The molecule has 170 valence electrons. The van der Waals surface area contributed by atoms with Crippen LogP contribution in [0.2, 0.25) is 5.02 Å². The van der Waals surface area contributed by atoms with E-state index in [0.717, 1.165) is 5.56 Å². The van der Waals surface area contributed by atoms with Crippen molar-refractivity contribution in [1.29, 1.82) is 0 Å². The zero-order chi connectivity index (χ0) is 22.9. The fourth-order valence-corrected chi connectivity index (χ4v) is 3.37. The highest BCUT2D eigenvalue weighted by Crippen LogP contribution is 2.21. The van der Waals surface area contributed by atoms with Crippen molar-refractivity contribution in [3.05, 3.63) is 65.2 Å². The van der Waals surface area contributed by atoms with Crippen LogP contribution in [0.3, 0.4) is 0 Å². The maximum Gasteiger partial charge on any atom is 0.249 e. The molecule has 1 fully saturated rings. The van der Waals surface area contributed by atoms with Crippen molar-refractivity contribution in [2.45, 2.75) is 6.61 Å². The van der Waals surface area contributed by atoms with Crippen LogP contribution >= 0.6 is 11.6 Å². The lowest BCUT2D eigenvalue weighted by Crippen LogP contribution is -2.45. The van der Waals surface area contributed by atoms with E-state index in [-0.39, 0.29) is 57.2 Å². The first-order valence-electron chi connectivity index (χ1n) is 10.2. The summed E-state index contributed by atoms with van der Waals surface area (Å²) in [7, 11) is 1.53. The number of methoxy groups -OCH3 is 1. The van der Waals surface area contributed by atoms with Crippen LogP contribution in [-0.2, 0) is 30.5 Å². The molecule has 1 aliphatic heterocycles. The molecule has 0 N–H and O–H groups in total. The molecule has 0 bridgehead atoms. The standard InChI is InChI=1S/C23H26ClN3O5/c1-31-12-11-25(23(30)16-32-15-18-5-3-2-4-6-18)13-21(28)26-14-22(29)27(17-26)20-9-7-19(24)8-10-20/h2-10H,11-17H2,1H3. The highest BCUT2D eigenvalue weighted by atomic mass is 35.5. The summed E-state index contributed by atoms with van der Waals surface area (Å²) in [5, 5.41) is 0.565. The van der Waals surface area contributed by atoms with Crippen LogP contribution in [0, 0.1) is 0 Å². The lowest BCUT2D eigenvalue weighted by Gasteiger charge is -2.25. The molecule has 1 heterocycles. The van der Waals surface area contributed by atoms with Gasteiger partial charge in [0.25, 0.3) is 0 Å². The van der Waals surface area contributed by atoms with Crippen LogP contribution < -0.4 is 4.90 Å². The van der Waals surface area contributed by atoms with Gasteiger partial charge in [-0.05, 0) is 29.8 Å². The lowest BCUT2D eigenvalue weighted by atomic mass is 10.2. The van der Waals surface area contributed by atoms with E-state index in [9.17, 15) is 14.4 Å². The lowest BCUT2D eigenvalue weighted by molar-refractivity contribution is -0.143. The third-order valence-electron chi connectivity index (χ3n) is 5.01. The summed E-state index contributed by atoms with van der Waals surface area (Å²) in [5.74, 6) is -0.824. The molecule has 2 aromatic carbocycles. The van der Waals surface area contributed by atoms with E-state index in [1.807, 2.05) is 30.3 Å². The molecule has 3 amide bonds. The number of hydrogen-bond donors (Lipinski definition) is 0. The van der Waals surface area contributed by atoms with Crippen molar-refractivity contribution in [2.75, 3.05) is 51.5 Å². The van der Waals surface area contributed by atoms with Crippen LogP contribution in [0.1, 0.15) is 5.56 Å². The molecule has 0 unspecified atom stereocenters. The quantitative estimate of drug-likeness (QED) is 0.544. The van der Waals surface area contributed by atoms with E-state index >= 15 is 0 Å². The van der Waals surface area contributed by atoms with Gasteiger partial charge in [0, 0.05) is 24.4 Å². The minimum atomic E-state index is -0.317. The van der Waals surface area contributed by atoms with Gasteiger partial charge < -0.3 is 19.3 Å². The first-order valence-corrected chi connectivity index (χ1v) is 10.6.